The van der Waals surface area contributed by atoms with E-state index in [0.29, 0.717) is 39.5 Å². The highest BCUT2D eigenvalue weighted by Gasteiger charge is 2.17. The van der Waals surface area contributed by atoms with E-state index in [2.05, 4.69) is 26.0 Å². The van der Waals surface area contributed by atoms with Gasteiger partial charge in [-0.15, -0.1) is 0 Å². The fourth-order valence-electron chi connectivity index (χ4n) is 2.86. The summed E-state index contributed by atoms with van der Waals surface area (Å²) >= 11 is 9.68. The molecule has 1 aromatic heterocycles. The molecule has 0 saturated heterocycles. The Balaban J connectivity index is 1.89. The summed E-state index contributed by atoms with van der Waals surface area (Å²) in [4.78, 5) is 29.2. The summed E-state index contributed by atoms with van der Waals surface area (Å²) in [7, 11) is 0. The van der Waals surface area contributed by atoms with Crippen molar-refractivity contribution in [2.75, 3.05) is 6.61 Å². The number of rotatable bonds is 7. The van der Waals surface area contributed by atoms with Crippen LogP contribution < -0.4 is 10.3 Å². The molecule has 0 aliphatic rings. The molecule has 0 spiro atoms. The van der Waals surface area contributed by atoms with Gasteiger partial charge in [-0.2, -0.15) is 9.78 Å². The Hall–Kier alpha value is -2.71. The summed E-state index contributed by atoms with van der Waals surface area (Å²) in [5.74, 6) is 0.430. The Bertz CT molecular complexity index is 1210. The Morgan fingerprint density at radius 3 is 2.74 bits per heavy atom. The normalized spacial score (nSPS) is 12.3. The van der Waals surface area contributed by atoms with Gasteiger partial charge in [0.1, 0.15) is 11.6 Å². The van der Waals surface area contributed by atoms with Crippen LogP contribution >= 0.6 is 27.5 Å². The number of nitrogens with zero attached hydrogens (tertiary/aromatic N) is 3. The topological polar surface area (TPSA) is 82.8 Å². The van der Waals surface area contributed by atoms with E-state index in [9.17, 15) is 9.59 Å². The summed E-state index contributed by atoms with van der Waals surface area (Å²) < 4.78 is 12.6. The van der Waals surface area contributed by atoms with Crippen molar-refractivity contribution in [1.29, 1.82) is 0 Å². The maximum Gasteiger partial charge on any atom is 0.347 e. The number of carbonyl (C=O) groups is 1. The van der Waals surface area contributed by atoms with Gasteiger partial charge >= 0.3 is 5.97 Å². The van der Waals surface area contributed by atoms with Crippen LogP contribution in [0.5, 0.6) is 5.75 Å². The van der Waals surface area contributed by atoms with E-state index in [1.165, 1.54) is 10.9 Å². The quantitative estimate of drug-likeness (QED) is 0.346. The van der Waals surface area contributed by atoms with E-state index in [4.69, 9.17) is 21.1 Å². The lowest BCUT2D eigenvalue weighted by atomic mass is 10.2. The van der Waals surface area contributed by atoms with Gasteiger partial charge in [0.15, 0.2) is 6.10 Å². The third-order valence-electron chi connectivity index (χ3n) is 4.39. The molecule has 9 heteroatoms. The molecule has 0 N–H and O–H groups in total. The number of fused-ring (bicyclic) bond motifs is 1. The standard InChI is InChI=1S/C22H21BrClN3O4/c1-4-20-26-18-8-7-15(23)11-16(18)21(28)27(20)25-12-14-6-9-19(17(24)10-14)31-13(3)22(29)30-5-2/h6-13H,4-5H2,1-3H3/t13-/m1/s1. The molecule has 0 unspecified atom stereocenters. The summed E-state index contributed by atoms with van der Waals surface area (Å²) in [5.41, 5.74) is 1.02. The molecule has 1 atom stereocenters. The molecule has 162 valence electrons. The molecule has 3 aromatic rings. The molecule has 0 fully saturated rings. The van der Waals surface area contributed by atoms with Gasteiger partial charge in [0.2, 0.25) is 0 Å². The van der Waals surface area contributed by atoms with Gasteiger partial charge in [-0.05, 0) is 55.8 Å². The molecule has 3 rings (SSSR count). The van der Waals surface area contributed by atoms with Crippen LogP contribution in [0.25, 0.3) is 10.9 Å². The van der Waals surface area contributed by atoms with Crippen LogP contribution in [-0.2, 0) is 16.0 Å². The Kier molecular flexibility index (Phi) is 7.46. The lowest BCUT2D eigenvalue weighted by Crippen LogP contribution is -2.26. The van der Waals surface area contributed by atoms with Crippen molar-refractivity contribution in [1.82, 2.24) is 9.66 Å². The van der Waals surface area contributed by atoms with Gasteiger partial charge in [-0.3, -0.25) is 4.79 Å². The maximum absolute atomic E-state index is 12.9. The highest BCUT2D eigenvalue weighted by Crippen LogP contribution is 2.26. The number of benzene rings is 2. The Morgan fingerprint density at radius 1 is 1.29 bits per heavy atom. The largest absolute Gasteiger partial charge is 0.477 e. The van der Waals surface area contributed by atoms with Crippen molar-refractivity contribution in [3.63, 3.8) is 0 Å². The van der Waals surface area contributed by atoms with Crippen LogP contribution in [0.3, 0.4) is 0 Å². The van der Waals surface area contributed by atoms with Gasteiger partial charge in [0, 0.05) is 10.9 Å². The number of hydrogen-bond acceptors (Lipinski definition) is 6. The summed E-state index contributed by atoms with van der Waals surface area (Å²) in [5, 5.41) is 5.12. The van der Waals surface area contributed by atoms with Gasteiger partial charge in [-0.25, -0.2) is 9.78 Å². The first kappa shape index (κ1) is 23.0. The van der Waals surface area contributed by atoms with Crippen molar-refractivity contribution in [2.45, 2.75) is 33.3 Å². The molecular formula is C22H21BrClN3O4. The highest BCUT2D eigenvalue weighted by atomic mass is 79.9. The second-order valence-corrected chi connectivity index (χ2v) is 7.93. The number of halogens is 2. The third kappa shape index (κ3) is 5.32. The van der Waals surface area contributed by atoms with Crippen LogP contribution in [0.15, 0.2) is 50.8 Å². The molecule has 0 aliphatic carbocycles. The number of hydrogen-bond donors (Lipinski definition) is 0. The predicted octanol–water partition coefficient (Wildman–Crippen LogP) is 4.59. The van der Waals surface area contributed by atoms with Gasteiger partial charge in [-0.1, -0.05) is 34.5 Å². The minimum absolute atomic E-state index is 0.256. The molecule has 31 heavy (non-hydrogen) atoms. The molecule has 1 heterocycles. The third-order valence-corrected chi connectivity index (χ3v) is 5.18. The average Bonchev–Trinajstić information content (AvgIpc) is 2.75. The van der Waals surface area contributed by atoms with E-state index >= 15 is 0 Å². The number of carbonyl (C=O) groups excluding carboxylic acids is 1. The first-order valence-corrected chi connectivity index (χ1v) is 10.9. The lowest BCUT2D eigenvalue weighted by molar-refractivity contribution is -0.150. The Labute approximate surface area is 192 Å². The minimum Gasteiger partial charge on any atom is -0.477 e. The van der Waals surface area contributed by atoms with Crippen molar-refractivity contribution < 1.29 is 14.3 Å². The van der Waals surface area contributed by atoms with Crippen LogP contribution in [-0.4, -0.2) is 34.6 Å². The van der Waals surface area contributed by atoms with Crippen LogP contribution in [0.4, 0.5) is 0 Å². The predicted molar refractivity (Wildman–Crippen MR) is 124 cm³/mol. The summed E-state index contributed by atoms with van der Waals surface area (Å²) in [6.45, 7) is 5.50. The molecule has 0 aliphatic heterocycles. The highest BCUT2D eigenvalue weighted by molar-refractivity contribution is 9.10. The molecule has 7 nitrogen and oxygen atoms in total. The number of aryl methyl sites for hydroxylation is 1. The monoisotopic (exact) mass is 505 g/mol. The number of ether oxygens (including phenoxy) is 2. The Morgan fingerprint density at radius 2 is 2.06 bits per heavy atom. The van der Waals surface area contributed by atoms with Crippen LogP contribution in [0, 0.1) is 0 Å². The van der Waals surface area contributed by atoms with Gasteiger partial charge in [0.25, 0.3) is 5.56 Å². The van der Waals surface area contributed by atoms with Crippen LogP contribution in [0.2, 0.25) is 5.02 Å². The van der Waals surface area contributed by atoms with Crippen LogP contribution in [0.1, 0.15) is 32.2 Å². The summed E-state index contributed by atoms with van der Waals surface area (Å²) in [6.07, 6.45) is 1.28. The fraction of sp³-hybridized carbons (Fsp3) is 0.273. The first-order chi connectivity index (χ1) is 14.8. The van der Waals surface area contributed by atoms with Gasteiger partial charge in [0.05, 0.1) is 28.7 Å². The van der Waals surface area contributed by atoms with Crippen molar-refractivity contribution >= 4 is 50.6 Å². The zero-order valence-electron chi connectivity index (χ0n) is 17.3. The van der Waals surface area contributed by atoms with E-state index in [1.54, 1.807) is 44.2 Å². The minimum atomic E-state index is -0.786. The molecular weight excluding hydrogens is 486 g/mol. The van der Waals surface area contributed by atoms with Gasteiger partial charge < -0.3 is 9.47 Å². The number of aromatic nitrogens is 2. The smallest absolute Gasteiger partial charge is 0.347 e. The average molecular weight is 507 g/mol. The molecule has 0 bridgehead atoms. The zero-order chi connectivity index (χ0) is 22.5. The van der Waals surface area contributed by atoms with Crippen molar-refractivity contribution in [3.05, 3.63) is 67.6 Å². The number of esters is 1. The zero-order valence-corrected chi connectivity index (χ0v) is 19.6. The van der Waals surface area contributed by atoms with Crippen molar-refractivity contribution in [3.8, 4) is 5.75 Å². The van der Waals surface area contributed by atoms with E-state index in [-0.39, 0.29) is 12.2 Å². The molecule has 0 saturated carbocycles. The van der Waals surface area contributed by atoms with Crippen molar-refractivity contribution in [2.24, 2.45) is 5.10 Å². The SMILES string of the molecule is CCOC(=O)[C@@H](C)Oc1ccc(C=Nn2c(CC)nc3ccc(Br)cc3c2=O)cc1Cl. The second-order valence-electron chi connectivity index (χ2n) is 6.61. The van der Waals surface area contributed by atoms with E-state index < -0.39 is 12.1 Å². The van der Waals surface area contributed by atoms with E-state index in [1.807, 2.05) is 13.0 Å². The first-order valence-electron chi connectivity index (χ1n) is 9.72. The maximum atomic E-state index is 12.9. The second kappa shape index (κ2) is 10.1. The molecule has 2 aromatic carbocycles. The van der Waals surface area contributed by atoms with E-state index in [0.717, 1.165) is 4.47 Å². The molecule has 0 amide bonds. The molecule has 0 radical (unpaired) electrons. The summed E-state index contributed by atoms with van der Waals surface area (Å²) in [6, 6.07) is 10.4. The fourth-order valence-corrected chi connectivity index (χ4v) is 3.45. The lowest BCUT2D eigenvalue weighted by Gasteiger charge is -2.14.